The second-order valence-corrected chi connectivity index (χ2v) is 11.1. The molecule has 0 radical (unpaired) electrons. The van der Waals surface area contributed by atoms with Gasteiger partial charge in [0.25, 0.3) is 11.8 Å². The molecule has 1 aromatic rings. The average Bonchev–Trinajstić information content (AvgIpc) is 3.00. The lowest BCUT2D eigenvalue weighted by Gasteiger charge is -2.33. The number of amides is 4. The van der Waals surface area contributed by atoms with E-state index in [9.17, 15) is 22.8 Å². The van der Waals surface area contributed by atoms with Gasteiger partial charge in [0.2, 0.25) is 10.0 Å². The predicted molar refractivity (Wildman–Crippen MR) is 117 cm³/mol. The fourth-order valence-corrected chi connectivity index (χ4v) is 6.51. The van der Waals surface area contributed by atoms with Gasteiger partial charge in [-0.3, -0.25) is 15.0 Å². The van der Waals surface area contributed by atoms with Gasteiger partial charge in [0.1, 0.15) is 5.54 Å². The van der Waals surface area contributed by atoms with Crippen molar-refractivity contribution in [3.05, 3.63) is 29.3 Å². The van der Waals surface area contributed by atoms with E-state index in [1.807, 2.05) is 0 Å². The van der Waals surface area contributed by atoms with Crippen LogP contribution < -0.4 is 10.7 Å². The summed E-state index contributed by atoms with van der Waals surface area (Å²) in [7, 11) is -3.73. The Morgan fingerprint density at radius 2 is 1.78 bits per heavy atom. The minimum absolute atomic E-state index is 0.0713. The summed E-state index contributed by atoms with van der Waals surface area (Å²) in [4.78, 5) is 38.4. The minimum atomic E-state index is -3.73. The molecule has 0 atom stereocenters. The highest BCUT2D eigenvalue weighted by Gasteiger charge is 2.53. The summed E-state index contributed by atoms with van der Waals surface area (Å²) < 4.78 is 27.7. The van der Waals surface area contributed by atoms with E-state index in [-0.39, 0.29) is 10.5 Å². The Morgan fingerprint density at radius 1 is 1.12 bits per heavy atom. The predicted octanol–water partition coefficient (Wildman–Crippen LogP) is 2.32. The van der Waals surface area contributed by atoms with E-state index in [2.05, 4.69) is 17.7 Å². The Kier molecular flexibility index (Phi) is 6.02. The molecule has 1 aliphatic carbocycles. The van der Waals surface area contributed by atoms with E-state index >= 15 is 0 Å². The van der Waals surface area contributed by atoms with Gasteiger partial charge in [0.15, 0.2) is 0 Å². The van der Waals surface area contributed by atoms with E-state index in [1.165, 1.54) is 16.4 Å². The maximum atomic E-state index is 13.1. The molecule has 4 amide bonds. The zero-order valence-corrected chi connectivity index (χ0v) is 19.3. The fraction of sp³-hybridized carbons (Fsp3) is 0.591. The number of carbonyl (C=O) groups excluding carboxylic acids is 3. The van der Waals surface area contributed by atoms with Crippen LogP contribution in [0.15, 0.2) is 23.1 Å². The third-order valence-corrected chi connectivity index (χ3v) is 8.93. The van der Waals surface area contributed by atoms with Crippen molar-refractivity contribution in [3.63, 3.8) is 0 Å². The zero-order chi connectivity index (χ0) is 23.1. The number of hydrazine groups is 1. The number of carbonyl (C=O) groups is 3. The lowest BCUT2D eigenvalue weighted by molar-refractivity contribution is -0.134. The van der Waals surface area contributed by atoms with Crippen LogP contribution in [0.4, 0.5) is 4.79 Å². The lowest BCUT2D eigenvalue weighted by Crippen LogP contribution is -2.51. The summed E-state index contributed by atoms with van der Waals surface area (Å²) in [5.74, 6) is -0.678. The monoisotopic (exact) mass is 462 g/mol. The van der Waals surface area contributed by atoms with Gasteiger partial charge in [0, 0.05) is 18.7 Å². The van der Waals surface area contributed by atoms with Gasteiger partial charge >= 0.3 is 6.03 Å². The molecule has 2 N–H and O–H groups in total. The standard InChI is InChI=1S/C22H30N4O5S/c1-15-8-10-22(11-9-15)20(28)26(21(29)23-22)24-19(27)17-7-6-16(2)18(14-17)32(30,31)25-12-4-3-5-13-25/h6-7,14-15H,3-5,8-13H2,1-2H3,(H,23,29)(H,24,27). The van der Waals surface area contributed by atoms with Crippen LogP contribution in [0.25, 0.3) is 0 Å². The van der Waals surface area contributed by atoms with Gasteiger partial charge in [0.05, 0.1) is 4.90 Å². The van der Waals surface area contributed by atoms with Gasteiger partial charge in [-0.05, 0) is 69.1 Å². The molecule has 1 saturated carbocycles. The van der Waals surface area contributed by atoms with Crippen molar-refractivity contribution in [2.75, 3.05) is 13.1 Å². The summed E-state index contributed by atoms with van der Waals surface area (Å²) in [6.45, 7) is 4.72. The molecule has 1 spiro atoms. The van der Waals surface area contributed by atoms with Crippen LogP contribution in [0, 0.1) is 12.8 Å². The normalized spacial score (nSPS) is 26.9. The van der Waals surface area contributed by atoms with Gasteiger partial charge in [-0.2, -0.15) is 9.31 Å². The zero-order valence-electron chi connectivity index (χ0n) is 18.5. The number of benzene rings is 1. The van der Waals surface area contributed by atoms with E-state index < -0.39 is 33.4 Å². The van der Waals surface area contributed by atoms with Gasteiger partial charge in [-0.1, -0.05) is 19.4 Å². The van der Waals surface area contributed by atoms with Gasteiger partial charge < -0.3 is 5.32 Å². The molecule has 0 unspecified atom stereocenters. The summed E-state index contributed by atoms with van der Waals surface area (Å²) in [5, 5.41) is 3.49. The van der Waals surface area contributed by atoms with Gasteiger partial charge in [-0.25, -0.2) is 13.2 Å². The van der Waals surface area contributed by atoms with E-state index in [0.29, 0.717) is 37.4 Å². The molecule has 9 nitrogen and oxygen atoms in total. The Bertz CT molecular complexity index is 1040. The second-order valence-electron chi connectivity index (χ2n) is 9.22. The van der Waals surface area contributed by atoms with Crippen molar-refractivity contribution in [2.24, 2.45) is 5.92 Å². The van der Waals surface area contributed by atoms with E-state index in [4.69, 9.17) is 0 Å². The number of nitrogens with one attached hydrogen (secondary N) is 2. The lowest BCUT2D eigenvalue weighted by atomic mass is 9.77. The maximum Gasteiger partial charge on any atom is 0.344 e. The minimum Gasteiger partial charge on any atom is -0.322 e. The first kappa shape index (κ1) is 22.7. The molecule has 3 fully saturated rings. The van der Waals surface area contributed by atoms with Gasteiger partial charge in [-0.15, -0.1) is 0 Å². The third-order valence-electron chi connectivity index (χ3n) is 6.89. The molecule has 2 heterocycles. The smallest absolute Gasteiger partial charge is 0.322 e. The number of urea groups is 1. The third kappa shape index (κ3) is 4.01. The fourth-order valence-electron chi connectivity index (χ4n) is 4.75. The SMILES string of the molecule is Cc1ccc(C(=O)NN2C(=O)NC3(CCC(C)CC3)C2=O)cc1S(=O)(=O)N1CCCCC1. The molecule has 3 aliphatic rings. The number of imide groups is 1. The van der Waals surface area contributed by atoms with E-state index in [0.717, 1.165) is 37.1 Å². The largest absolute Gasteiger partial charge is 0.344 e. The molecule has 174 valence electrons. The molecule has 1 aromatic carbocycles. The number of nitrogens with zero attached hydrogens (tertiary/aromatic N) is 2. The molecule has 2 saturated heterocycles. The summed E-state index contributed by atoms with van der Waals surface area (Å²) in [6.07, 6.45) is 5.34. The van der Waals surface area contributed by atoms with Crippen LogP contribution in [0.2, 0.25) is 0 Å². The highest BCUT2D eigenvalue weighted by molar-refractivity contribution is 7.89. The Labute approximate surface area is 188 Å². The Hall–Kier alpha value is -2.46. The van der Waals surface area contributed by atoms with E-state index in [1.54, 1.807) is 13.0 Å². The number of rotatable bonds is 4. The van der Waals surface area contributed by atoms with Crippen molar-refractivity contribution < 1.29 is 22.8 Å². The molecule has 0 aromatic heterocycles. The van der Waals surface area contributed by atoms with Crippen LogP contribution in [0.5, 0.6) is 0 Å². The highest BCUT2D eigenvalue weighted by atomic mass is 32.2. The molecule has 0 bridgehead atoms. The molecular formula is C22H30N4O5S. The van der Waals surface area contributed by atoms with Crippen LogP contribution in [0.3, 0.4) is 0 Å². The second kappa shape index (κ2) is 8.47. The maximum absolute atomic E-state index is 13.1. The molecule has 10 heteroatoms. The molecular weight excluding hydrogens is 432 g/mol. The number of hydrogen-bond donors (Lipinski definition) is 2. The van der Waals surface area contributed by atoms with Crippen LogP contribution >= 0.6 is 0 Å². The highest BCUT2D eigenvalue weighted by Crippen LogP contribution is 2.36. The summed E-state index contributed by atoms with van der Waals surface area (Å²) in [5.41, 5.74) is 2.03. The topological polar surface area (TPSA) is 116 Å². The van der Waals surface area contributed by atoms with Crippen molar-refractivity contribution in [2.45, 2.75) is 69.2 Å². The van der Waals surface area contributed by atoms with Crippen LogP contribution in [0.1, 0.15) is 67.8 Å². The number of sulfonamides is 1. The van der Waals surface area contributed by atoms with Crippen molar-refractivity contribution in [3.8, 4) is 0 Å². The first-order valence-electron chi connectivity index (χ1n) is 11.2. The number of hydrogen-bond acceptors (Lipinski definition) is 5. The average molecular weight is 463 g/mol. The summed E-state index contributed by atoms with van der Waals surface area (Å²) >= 11 is 0. The van der Waals surface area contributed by atoms with Crippen molar-refractivity contribution >= 4 is 27.9 Å². The van der Waals surface area contributed by atoms with Crippen molar-refractivity contribution in [1.29, 1.82) is 0 Å². The Balaban J connectivity index is 1.53. The van der Waals surface area contributed by atoms with Crippen LogP contribution in [-0.4, -0.2) is 54.2 Å². The Morgan fingerprint density at radius 3 is 2.44 bits per heavy atom. The first-order chi connectivity index (χ1) is 15.1. The quantitative estimate of drug-likeness (QED) is 0.666. The first-order valence-corrected chi connectivity index (χ1v) is 12.7. The number of piperidine rings is 1. The summed E-state index contributed by atoms with van der Waals surface area (Å²) in [6, 6.07) is 3.73. The van der Waals surface area contributed by atoms with Crippen molar-refractivity contribution in [1.82, 2.24) is 20.1 Å². The molecule has 32 heavy (non-hydrogen) atoms. The number of aryl methyl sites for hydroxylation is 1. The van der Waals surface area contributed by atoms with Crippen LogP contribution in [-0.2, 0) is 14.8 Å². The molecule has 2 aliphatic heterocycles. The molecule has 4 rings (SSSR count).